The van der Waals surface area contributed by atoms with Crippen LogP contribution in [0.15, 0.2) is 23.6 Å². The molecule has 0 bridgehead atoms. The van der Waals surface area contributed by atoms with Crippen LogP contribution in [0.5, 0.6) is 0 Å². The minimum absolute atomic E-state index is 0.0545. The van der Waals surface area contributed by atoms with Crippen LogP contribution in [-0.2, 0) is 21.2 Å². The molecule has 0 saturated heterocycles. The van der Waals surface area contributed by atoms with Gasteiger partial charge in [-0.25, -0.2) is 8.42 Å². The minimum atomic E-state index is -3.50. The van der Waals surface area contributed by atoms with Crippen LogP contribution in [0.3, 0.4) is 0 Å². The number of thiophene rings is 1. The molecule has 7 nitrogen and oxygen atoms in total. The highest BCUT2D eigenvalue weighted by Gasteiger charge is 2.39. The monoisotopic (exact) mass is 487 g/mol. The molecule has 0 spiro atoms. The SMILES string of the molecule is Cc1sccc1CC[C@H](O)C=C[C@@H]1[C@@H](CCCCCCC(=O)NS(C)(=O)=O)[C@@H](O)C[C@H]1O. The summed E-state index contributed by atoms with van der Waals surface area (Å²) in [4.78, 5) is 12.8. The van der Waals surface area contributed by atoms with E-state index < -0.39 is 34.2 Å². The van der Waals surface area contributed by atoms with Gasteiger partial charge in [-0.2, -0.15) is 0 Å². The summed E-state index contributed by atoms with van der Waals surface area (Å²) in [5, 5.41) is 33.1. The van der Waals surface area contributed by atoms with Crippen molar-refractivity contribution in [1.82, 2.24) is 4.72 Å². The predicted molar refractivity (Wildman–Crippen MR) is 127 cm³/mol. The third-order valence-electron chi connectivity index (χ3n) is 6.14. The highest BCUT2D eigenvalue weighted by molar-refractivity contribution is 7.89. The van der Waals surface area contributed by atoms with E-state index in [1.165, 1.54) is 10.4 Å². The molecule has 1 heterocycles. The van der Waals surface area contributed by atoms with Crippen molar-refractivity contribution < 1.29 is 28.5 Å². The molecule has 1 amide bonds. The van der Waals surface area contributed by atoms with Gasteiger partial charge in [0.1, 0.15) is 0 Å². The second-order valence-corrected chi connectivity index (χ2v) is 11.7. The fourth-order valence-corrected chi connectivity index (χ4v) is 5.65. The Morgan fingerprint density at radius 1 is 1.25 bits per heavy atom. The molecular weight excluding hydrogens is 450 g/mol. The smallest absolute Gasteiger partial charge is 0.233 e. The zero-order valence-electron chi connectivity index (χ0n) is 18.9. The van der Waals surface area contributed by atoms with E-state index in [1.54, 1.807) is 17.4 Å². The van der Waals surface area contributed by atoms with E-state index in [4.69, 9.17) is 0 Å². The van der Waals surface area contributed by atoms with E-state index in [1.807, 2.05) is 10.8 Å². The Kier molecular flexibility index (Phi) is 10.8. The predicted octanol–water partition coefficient (Wildman–Crippen LogP) is 2.68. The number of aliphatic hydroxyl groups is 3. The molecule has 5 atom stereocenters. The summed E-state index contributed by atoms with van der Waals surface area (Å²) in [5.74, 6) is -0.719. The molecule has 0 aliphatic heterocycles. The highest BCUT2D eigenvalue weighted by Crippen LogP contribution is 2.37. The molecule has 1 fully saturated rings. The second kappa shape index (κ2) is 12.8. The number of carbonyl (C=O) groups excluding carboxylic acids is 1. The largest absolute Gasteiger partial charge is 0.393 e. The first-order chi connectivity index (χ1) is 15.1. The lowest BCUT2D eigenvalue weighted by Gasteiger charge is -2.21. The number of hydrogen-bond donors (Lipinski definition) is 4. The maximum absolute atomic E-state index is 11.5. The molecule has 0 radical (unpaired) electrons. The van der Waals surface area contributed by atoms with Crippen molar-refractivity contribution in [1.29, 1.82) is 0 Å². The van der Waals surface area contributed by atoms with Crippen LogP contribution in [0.2, 0.25) is 0 Å². The second-order valence-electron chi connectivity index (χ2n) is 8.85. The van der Waals surface area contributed by atoms with Crippen LogP contribution in [0, 0.1) is 18.8 Å². The first kappa shape index (κ1) is 27.0. The molecule has 0 aromatic carbocycles. The summed E-state index contributed by atoms with van der Waals surface area (Å²) in [6, 6.07) is 2.08. The van der Waals surface area contributed by atoms with Crippen LogP contribution >= 0.6 is 11.3 Å². The van der Waals surface area contributed by atoms with Gasteiger partial charge in [0, 0.05) is 23.6 Å². The van der Waals surface area contributed by atoms with Gasteiger partial charge in [0.05, 0.1) is 24.6 Å². The number of sulfonamides is 1. The van der Waals surface area contributed by atoms with Crippen molar-refractivity contribution in [3.63, 3.8) is 0 Å². The fourth-order valence-electron chi connectivity index (χ4n) is 4.38. The van der Waals surface area contributed by atoms with Crippen molar-refractivity contribution >= 4 is 27.3 Å². The Hall–Kier alpha value is -1.26. The summed E-state index contributed by atoms with van der Waals surface area (Å²) in [6.07, 6.45) is 8.64. The van der Waals surface area contributed by atoms with E-state index in [9.17, 15) is 28.5 Å². The topological polar surface area (TPSA) is 124 Å². The maximum atomic E-state index is 11.5. The van der Waals surface area contributed by atoms with E-state index in [0.717, 1.165) is 38.4 Å². The van der Waals surface area contributed by atoms with Crippen molar-refractivity contribution in [3.05, 3.63) is 34.0 Å². The first-order valence-electron chi connectivity index (χ1n) is 11.3. The number of hydrogen-bond acceptors (Lipinski definition) is 7. The number of rotatable bonds is 13. The van der Waals surface area contributed by atoms with Crippen molar-refractivity contribution in [3.8, 4) is 0 Å². The van der Waals surface area contributed by atoms with Gasteiger partial charge in [-0.1, -0.05) is 31.4 Å². The van der Waals surface area contributed by atoms with Crippen LogP contribution in [-0.4, -0.2) is 54.2 Å². The molecule has 1 aromatic heterocycles. The Morgan fingerprint density at radius 2 is 1.97 bits per heavy atom. The zero-order chi connectivity index (χ0) is 23.7. The average molecular weight is 488 g/mol. The van der Waals surface area contributed by atoms with Crippen LogP contribution in [0.1, 0.15) is 61.8 Å². The summed E-state index contributed by atoms with van der Waals surface area (Å²) in [5.41, 5.74) is 1.26. The molecule has 182 valence electrons. The van der Waals surface area contributed by atoms with Gasteiger partial charge in [-0.15, -0.1) is 11.3 Å². The summed E-state index contributed by atoms with van der Waals surface area (Å²) < 4.78 is 24.0. The van der Waals surface area contributed by atoms with Crippen molar-refractivity contribution in [2.75, 3.05) is 6.26 Å². The van der Waals surface area contributed by atoms with Crippen molar-refractivity contribution in [2.24, 2.45) is 11.8 Å². The zero-order valence-corrected chi connectivity index (χ0v) is 20.6. The lowest BCUT2D eigenvalue weighted by molar-refractivity contribution is -0.119. The summed E-state index contributed by atoms with van der Waals surface area (Å²) in [6.45, 7) is 2.08. The Bertz CT molecular complexity index is 850. The lowest BCUT2D eigenvalue weighted by atomic mass is 9.87. The maximum Gasteiger partial charge on any atom is 0.233 e. The van der Waals surface area contributed by atoms with Gasteiger partial charge in [0.25, 0.3) is 0 Å². The number of unbranched alkanes of at least 4 members (excludes halogenated alkanes) is 3. The fraction of sp³-hybridized carbons (Fsp3) is 0.696. The van der Waals surface area contributed by atoms with E-state index in [2.05, 4.69) is 18.4 Å². The molecule has 2 rings (SSSR count). The molecular formula is C23H37NO6S2. The Morgan fingerprint density at radius 3 is 2.62 bits per heavy atom. The minimum Gasteiger partial charge on any atom is -0.393 e. The van der Waals surface area contributed by atoms with Gasteiger partial charge in [0.2, 0.25) is 15.9 Å². The standard InChI is InChI=1S/C23H37NO6S2/c1-16-17(13-14-31-16)9-10-18(25)11-12-20-19(21(26)15-22(20)27)7-5-3-4-6-8-23(28)24-32(2,29)30/h11-14,18-22,25-27H,3-10,15H2,1-2H3,(H,24,28)/t18-,19+,20+,21-,22+/m0/s1. The Labute approximate surface area is 195 Å². The van der Waals surface area contributed by atoms with Crippen LogP contribution < -0.4 is 4.72 Å². The van der Waals surface area contributed by atoms with Crippen LogP contribution in [0.25, 0.3) is 0 Å². The summed E-state index contributed by atoms with van der Waals surface area (Å²) in [7, 11) is -3.50. The third-order valence-corrected chi connectivity index (χ3v) is 7.62. The quantitative estimate of drug-likeness (QED) is 0.251. The molecule has 1 aromatic rings. The van der Waals surface area contributed by atoms with Gasteiger partial charge in [-0.3, -0.25) is 9.52 Å². The number of nitrogens with one attached hydrogen (secondary N) is 1. The first-order valence-corrected chi connectivity index (χ1v) is 14.1. The molecule has 1 saturated carbocycles. The number of carbonyl (C=O) groups is 1. The molecule has 0 unspecified atom stereocenters. The van der Waals surface area contributed by atoms with Crippen LogP contribution in [0.4, 0.5) is 0 Å². The summed E-state index contributed by atoms with van der Waals surface area (Å²) >= 11 is 1.70. The third kappa shape index (κ3) is 9.31. The number of amides is 1. The average Bonchev–Trinajstić information content (AvgIpc) is 3.21. The number of aliphatic hydroxyl groups excluding tert-OH is 3. The van der Waals surface area contributed by atoms with Gasteiger partial charge in [-0.05, 0) is 55.5 Å². The van der Waals surface area contributed by atoms with Gasteiger partial charge >= 0.3 is 0 Å². The molecule has 4 N–H and O–H groups in total. The molecule has 9 heteroatoms. The number of aryl methyl sites for hydroxylation is 2. The normalized spacial score (nSPS) is 24.8. The molecule has 32 heavy (non-hydrogen) atoms. The van der Waals surface area contributed by atoms with Crippen molar-refractivity contribution in [2.45, 2.75) is 83.0 Å². The van der Waals surface area contributed by atoms with E-state index in [-0.39, 0.29) is 18.3 Å². The Balaban J connectivity index is 1.72. The van der Waals surface area contributed by atoms with Gasteiger partial charge < -0.3 is 15.3 Å². The van der Waals surface area contributed by atoms with E-state index >= 15 is 0 Å². The lowest BCUT2D eigenvalue weighted by Crippen LogP contribution is -2.28. The highest BCUT2D eigenvalue weighted by atomic mass is 32.2. The van der Waals surface area contributed by atoms with E-state index in [0.29, 0.717) is 19.3 Å². The molecule has 1 aliphatic carbocycles. The van der Waals surface area contributed by atoms with Gasteiger partial charge in [0.15, 0.2) is 0 Å². The molecule has 1 aliphatic rings.